The summed E-state index contributed by atoms with van der Waals surface area (Å²) in [6.45, 7) is 0.0307. The maximum Gasteiger partial charge on any atom is 0.390 e. The van der Waals surface area contributed by atoms with Crippen molar-refractivity contribution in [3.8, 4) is 5.75 Å². The van der Waals surface area contributed by atoms with E-state index in [1.807, 2.05) is 0 Å². The maximum absolute atomic E-state index is 12.9. The average molecular weight is 453 g/mol. The predicted octanol–water partition coefficient (Wildman–Crippen LogP) is 3.08. The number of aliphatic imine (C=N–C) groups is 1. The van der Waals surface area contributed by atoms with Crippen LogP contribution in [0.25, 0.3) is 0 Å². The number of hydrogen-bond donors (Lipinski definition) is 2. The minimum atomic E-state index is -4.23. The monoisotopic (exact) mass is 453 g/mol. The van der Waals surface area contributed by atoms with Crippen molar-refractivity contribution in [2.45, 2.75) is 12.6 Å². The van der Waals surface area contributed by atoms with Gasteiger partial charge in [-0.25, -0.2) is 8.78 Å². The van der Waals surface area contributed by atoms with Crippen LogP contribution in [0.1, 0.15) is 6.42 Å². The van der Waals surface area contributed by atoms with Crippen LogP contribution in [-0.2, 0) is 0 Å². The number of alkyl halides is 3. The summed E-state index contributed by atoms with van der Waals surface area (Å²) < 4.78 is 66.7. The number of nitrogens with zero attached hydrogens (tertiary/aromatic N) is 1. The highest BCUT2D eigenvalue weighted by Gasteiger charge is 2.26. The second kappa shape index (κ2) is 10.4. The van der Waals surface area contributed by atoms with Crippen LogP contribution in [0.3, 0.4) is 0 Å². The molecule has 0 aromatic heterocycles. The van der Waals surface area contributed by atoms with Gasteiger partial charge in [0.2, 0.25) is 0 Å². The first-order valence-corrected chi connectivity index (χ1v) is 6.41. The minimum Gasteiger partial charge on any atom is -0.492 e. The van der Waals surface area contributed by atoms with Gasteiger partial charge in [-0.3, -0.25) is 4.99 Å². The first kappa shape index (κ1) is 21.7. The molecule has 0 heterocycles. The summed E-state index contributed by atoms with van der Waals surface area (Å²) in [5.74, 6) is -1.64. The van der Waals surface area contributed by atoms with Gasteiger partial charge in [0, 0.05) is 19.7 Å². The van der Waals surface area contributed by atoms with Gasteiger partial charge in [0.05, 0.1) is 13.0 Å². The fraction of sp³-hybridized carbons (Fsp3) is 0.462. The Balaban J connectivity index is 0.00000484. The van der Waals surface area contributed by atoms with Gasteiger partial charge in [0.1, 0.15) is 12.4 Å². The molecule has 4 nitrogen and oxygen atoms in total. The molecule has 0 aliphatic carbocycles. The van der Waals surface area contributed by atoms with E-state index in [9.17, 15) is 22.0 Å². The number of hydrogen-bond acceptors (Lipinski definition) is 2. The number of nitrogens with one attached hydrogen (secondary N) is 2. The smallest absolute Gasteiger partial charge is 0.390 e. The average Bonchev–Trinajstić information content (AvgIpc) is 2.44. The maximum atomic E-state index is 12.9. The standard InChI is InChI=1S/C13H16F5N3O.HI/c1-19-12(20-5-4-13(16,17)18)21-6-7-22-9-2-3-10(14)11(15)8-9;/h2-3,8H,4-7H2,1H3,(H2,19,20,21);1H. The molecule has 23 heavy (non-hydrogen) atoms. The highest BCUT2D eigenvalue weighted by molar-refractivity contribution is 14.0. The molecule has 0 saturated heterocycles. The molecule has 2 N–H and O–H groups in total. The molecule has 0 aliphatic heterocycles. The van der Waals surface area contributed by atoms with E-state index in [4.69, 9.17) is 4.74 Å². The minimum absolute atomic E-state index is 0. The van der Waals surface area contributed by atoms with Gasteiger partial charge in [-0.05, 0) is 12.1 Å². The Hall–Kier alpha value is -1.33. The van der Waals surface area contributed by atoms with E-state index >= 15 is 0 Å². The molecule has 132 valence electrons. The summed E-state index contributed by atoms with van der Waals surface area (Å²) in [6, 6.07) is 3.12. The van der Waals surface area contributed by atoms with E-state index in [-0.39, 0.29) is 55.4 Å². The fourth-order valence-corrected chi connectivity index (χ4v) is 1.45. The molecule has 1 rings (SSSR count). The van der Waals surface area contributed by atoms with Crippen LogP contribution < -0.4 is 15.4 Å². The largest absolute Gasteiger partial charge is 0.492 e. The fourth-order valence-electron chi connectivity index (χ4n) is 1.45. The lowest BCUT2D eigenvalue weighted by Gasteiger charge is -2.13. The van der Waals surface area contributed by atoms with Gasteiger partial charge in [-0.2, -0.15) is 13.2 Å². The van der Waals surface area contributed by atoms with Crippen LogP contribution in [0.2, 0.25) is 0 Å². The second-order valence-electron chi connectivity index (χ2n) is 4.22. The molecular formula is C13H17F5IN3O. The number of halogens is 6. The lowest BCUT2D eigenvalue weighted by molar-refractivity contribution is -0.132. The van der Waals surface area contributed by atoms with Gasteiger partial charge in [0.25, 0.3) is 0 Å². The Bertz CT molecular complexity index is 511. The van der Waals surface area contributed by atoms with Gasteiger partial charge < -0.3 is 15.4 Å². The molecular weight excluding hydrogens is 436 g/mol. The third-order valence-electron chi connectivity index (χ3n) is 2.48. The lowest BCUT2D eigenvalue weighted by Crippen LogP contribution is -2.40. The lowest BCUT2D eigenvalue weighted by atomic mass is 10.3. The van der Waals surface area contributed by atoms with Crippen LogP contribution >= 0.6 is 24.0 Å². The zero-order chi connectivity index (χ0) is 16.6. The number of benzene rings is 1. The molecule has 0 amide bonds. The summed E-state index contributed by atoms with van der Waals surface area (Å²) in [4.78, 5) is 3.74. The van der Waals surface area contributed by atoms with Crippen molar-refractivity contribution >= 4 is 29.9 Å². The Kier molecular flexibility index (Phi) is 9.84. The van der Waals surface area contributed by atoms with E-state index in [0.717, 1.165) is 12.1 Å². The predicted molar refractivity (Wildman–Crippen MR) is 87.3 cm³/mol. The molecule has 10 heteroatoms. The molecule has 0 aliphatic rings. The Morgan fingerprint density at radius 2 is 1.78 bits per heavy atom. The molecule has 0 bridgehead atoms. The second-order valence-corrected chi connectivity index (χ2v) is 4.22. The van der Waals surface area contributed by atoms with Crippen LogP contribution in [-0.4, -0.2) is 38.9 Å². The van der Waals surface area contributed by atoms with E-state index in [0.29, 0.717) is 0 Å². The normalized spacial score (nSPS) is 11.7. The van der Waals surface area contributed by atoms with E-state index in [2.05, 4.69) is 15.6 Å². The van der Waals surface area contributed by atoms with Gasteiger partial charge in [0.15, 0.2) is 17.6 Å². The molecule has 1 aromatic carbocycles. The number of ether oxygens (including phenoxy) is 1. The van der Waals surface area contributed by atoms with Gasteiger partial charge in [-0.1, -0.05) is 0 Å². The molecule has 0 radical (unpaired) electrons. The summed E-state index contributed by atoms with van der Waals surface area (Å²) in [7, 11) is 1.42. The molecule has 0 fully saturated rings. The van der Waals surface area contributed by atoms with Crippen molar-refractivity contribution in [3.05, 3.63) is 29.8 Å². The van der Waals surface area contributed by atoms with E-state index < -0.39 is 24.2 Å². The van der Waals surface area contributed by atoms with Crippen LogP contribution in [0, 0.1) is 11.6 Å². The molecule has 0 saturated carbocycles. The third-order valence-corrected chi connectivity index (χ3v) is 2.48. The van der Waals surface area contributed by atoms with Crippen molar-refractivity contribution in [1.29, 1.82) is 0 Å². The number of rotatable bonds is 6. The summed E-state index contributed by atoms with van der Waals surface area (Å²) in [5.41, 5.74) is 0. The summed E-state index contributed by atoms with van der Waals surface area (Å²) in [6.07, 6.45) is -5.21. The van der Waals surface area contributed by atoms with Crippen molar-refractivity contribution < 1.29 is 26.7 Å². The zero-order valence-corrected chi connectivity index (χ0v) is 14.5. The first-order chi connectivity index (χ1) is 10.3. The third kappa shape index (κ3) is 9.41. The quantitative estimate of drug-likeness (QED) is 0.229. The van der Waals surface area contributed by atoms with E-state index in [1.165, 1.54) is 13.1 Å². The summed E-state index contributed by atoms with van der Waals surface area (Å²) >= 11 is 0. The molecule has 0 unspecified atom stereocenters. The van der Waals surface area contributed by atoms with Crippen molar-refractivity contribution in [2.24, 2.45) is 4.99 Å². The Labute approximate surface area is 147 Å². The highest BCUT2D eigenvalue weighted by Crippen LogP contribution is 2.18. The topological polar surface area (TPSA) is 45.7 Å². The van der Waals surface area contributed by atoms with Gasteiger partial charge in [-0.15, -0.1) is 24.0 Å². The van der Waals surface area contributed by atoms with Crippen molar-refractivity contribution in [3.63, 3.8) is 0 Å². The zero-order valence-electron chi connectivity index (χ0n) is 12.2. The SMILES string of the molecule is CN=C(NCCOc1ccc(F)c(F)c1)NCCC(F)(F)F.I. The number of guanidine groups is 1. The molecule has 0 spiro atoms. The van der Waals surface area contributed by atoms with Crippen LogP contribution in [0.4, 0.5) is 22.0 Å². The van der Waals surface area contributed by atoms with E-state index in [1.54, 1.807) is 0 Å². The summed E-state index contributed by atoms with van der Waals surface area (Å²) in [5, 5.41) is 5.23. The van der Waals surface area contributed by atoms with Crippen molar-refractivity contribution in [2.75, 3.05) is 26.7 Å². The molecule has 0 atom stereocenters. The van der Waals surface area contributed by atoms with Crippen LogP contribution in [0.15, 0.2) is 23.2 Å². The van der Waals surface area contributed by atoms with Crippen LogP contribution in [0.5, 0.6) is 5.75 Å². The Morgan fingerprint density at radius 3 is 2.35 bits per heavy atom. The first-order valence-electron chi connectivity index (χ1n) is 6.41. The Morgan fingerprint density at radius 1 is 1.13 bits per heavy atom. The van der Waals surface area contributed by atoms with Gasteiger partial charge >= 0.3 is 6.18 Å². The van der Waals surface area contributed by atoms with Crippen molar-refractivity contribution in [1.82, 2.24) is 10.6 Å². The highest BCUT2D eigenvalue weighted by atomic mass is 127. The molecule has 1 aromatic rings.